The molecule has 6 nitrogen and oxygen atoms in total. The van der Waals surface area contributed by atoms with Crippen LogP contribution >= 0.6 is 0 Å². The molecule has 0 amide bonds. The summed E-state index contributed by atoms with van der Waals surface area (Å²) in [5, 5.41) is 17.0. The van der Waals surface area contributed by atoms with Gasteiger partial charge in [-0.1, -0.05) is 6.07 Å². The molecule has 2 aromatic rings. The number of carboxylic acid groups (broad SMARTS) is 1. The van der Waals surface area contributed by atoms with E-state index in [1.165, 1.54) is 12.1 Å². The summed E-state index contributed by atoms with van der Waals surface area (Å²) in [5.41, 5.74) is 0.802. The molecule has 1 saturated heterocycles. The first kappa shape index (κ1) is 12.8. The average Bonchev–Trinajstić information content (AvgIpc) is 3.07. The Hall–Kier alpha value is -2.21. The van der Waals surface area contributed by atoms with Crippen LogP contribution in [0.15, 0.2) is 28.7 Å². The second-order valence-corrected chi connectivity index (χ2v) is 4.91. The van der Waals surface area contributed by atoms with Gasteiger partial charge in [-0.15, -0.1) is 10.2 Å². The van der Waals surface area contributed by atoms with Gasteiger partial charge < -0.3 is 14.3 Å². The van der Waals surface area contributed by atoms with Crippen LogP contribution in [0.1, 0.15) is 35.5 Å². The molecule has 3 rings (SSSR count). The number of hydrogen-bond acceptors (Lipinski definition) is 5. The van der Waals surface area contributed by atoms with Crippen LogP contribution < -0.4 is 0 Å². The number of hydrogen-bond donors (Lipinski definition) is 1. The maximum absolute atomic E-state index is 11.0. The molecule has 2 heterocycles. The van der Waals surface area contributed by atoms with Crippen molar-refractivity contribution < 1.29 is 19.1 Å². The molecule has 1 aromatic carbocycles. The van der Waals surface area contributed by atoms with Crippen LogP contribution in [-0.2, 0) is 4.74 Å². The molecule has 0 saturated carbocycles. The zero-order valence-electron chi connectivity index (χ0n) is 10.9. The fourth-order valence-electron chi connectivity index (χ4n) is 2.29. The van der Waals surface area contributed by atoms with E-state index in [9.17, 15) is 4.79 Å². The van der Waals surface area contributed by atoms with Gasteiger partial charge in [-0.3, -0.25) is 0 Å². The highest BCUT2D eigenvalue weighted by molar-refractivity contribution is 5.88. The smallest absolute Gasteiger partial charge is 0.335 e. The van der Waals surface area contributed by atoms with Crippen LogP contribution in [0.5, 0.6) is 0 Å². The summed E-state index contributed by atoms with van der Waals surface area (Å²) in [6.45, 7) is 2.59. The van der Waals surface area contributed by atoms with Crippen molar-refractivity contribution in [2.75, 3.05) is 6.61 Å². The number of aromatic nitrogens is 2. The Morgan fingerprint density at radius 2 is 2.25 bits per heavy atom. The highest BCUT2D eigenvalue weighted by Crippen LogP contribution is 2.30. The minimum Gasteiger partial charge on any atom is -0.478 e. The van der Waals surface area contributed by atoms with Crippen molar-refractivity contribution in [3.63, 3.8) is 0 Å². The van der Waals surface area contributed by atoms with Crippen molar-refractivity contribution in [1.82, 2.24) is 10.2 Å². The lowest BCUT2D eigenvalue weighted by atomic mass is 10.1. The maximum atomic E-state index is 11.0. The Balaban J connectivity index is 1.86. The Morgan fingerprint density at radius 1 is 1.40 bits per heavy atom. The van der Waals surface area contributed by atoms with Crippen LogP contribution in [0.25, 0.3) is 11.5 Å². The monoisotopic (exact) mass is 274 g/mol. The molecule has 0 bridgehead atoms. The van der Waals surface area contributed by atoms with E-state index in [-0.39, 0.29) is 17.6 Å². The Morgan fingerprint density at radius 3 is 2.95 bits per heavy atom. The zero-order valence-corrected chi connectivity index (χ0v) is 10.9. The van der Waals surface area contributed by atoms with E-state index in [1.807, 2.05) is 6.92 Å². The lowest BCUT2D eigenvalue weighted by Crippen LogP contribution is -1.98. The molecule has 1 aliphatic rings. The van der Waals surface area contributed by atoms with Gasteiger partial charge in [-0.05, 0) is 31.5 Å². The van der Waals surface area contributed by atoms with E-state index in [0.29, 0.717) is 24.0 Å². The second-order valence-electron chi connectivity index (χ2n) is 4.91. The maximum Gasteiger partial charge on any atom is 0.335 e. The van der Waals surface area contributed by atoms with Gasteiger partial charge in [0.1, 0.15) is 0 Å². The van der Waals surface area contributed by atoms with E-state index in [2.05, 4.69) is 10.2 Å². The molecule has 0 spiro atoms. The molecule has 0 radical (unpaired) electrons. The Kier molecular flexibility index (Phi) is 3.23. The van der Waals surface area contributed by atoms with Crippen molar-refractivity contribution in [3.05, 3.63) is 35.7 Å². The lowest BCUT2D eigenvalue weighted by molar-refractivity contribution is 0.0697. The number of nitrogens with zero attached hydrogens (tertiary/aromatic N) is 2. The number of ether oxygens (including phenoxy) is 1. The molecule has 1 N–H and O–H groups in total. The highest BCUT2D eigenvalue weighted by atomic mass is 16.5. The van der Waals surface area contributed by atoms with Crippen molar-refractivity contribution >= 4 is 5.97 Å². The number of benzene rings is 1. The molecule has 20 heavy (non-hydrogen) atoms. The molecule has 1 aliphatic heterocycles. The third-order valence-electron chi connectivity index (χ3n) is 3.34. The summed E-state index contributed by atoms with van der Waals surface area (Å²) in [4.78, 5) is 11.0. The minimum atomic E-state index is -0.982. The van der Waals surface area contributed by atoms with Gasteiger partial charge >= 0.3 is 5.97 Å². The van der Waals surface area contributed by atoms with Crippen molar-refractivity contribution in [2.24, 2.45) is 0 Å². The van der Waals surface area contributed by atoms with E-state index >= 15 is 0 Å². The first-order chi connectivity index (χ1) is 9.63. The van der Waals surface area contributed by atoms with Gasteiger partial charge in [0.25, 0.3) is 0 Å². The topological polar surface area (TPSA) is 85.5 Å². The third-order valence-corrected chi connectivity index (χ3v) is 3.34. The molecule has 2 unspecified atom stereocenters. The van der Waals surface area contributed by atoms with Gasteiger partial charge in [-0.2, -0.15) is 0 Å². The summed E-state index contributed by atoms with van der Waals surface area (Å²) >= 11 is 0. The number of aromatic carboxylic acids is 1. The molecular formula is C14H14N2O4. The third kappa shape index (κ3) is 2.42. The fourth-order valence-corrected chi connectivity index (χ4v) is 2.29. The lowest BCUT2D eigenvalue weighted by Gasteiger charge is -2.00. The minimum absolute atomic E-state index is 0.119. The van der Waals surface area contributed by atoms with Gasteiger partial charge in [0.15, 0.2) is 0 Å². The quantitative estimate of drug-likeness (QED) is 0.924. The van der Waals surface area contributed by atoms with E-state index < -0.39 is 5.97 Å². The van der Waals surface area contributed by atoms with E-state index in [1.54, 1.807) is 12.1 Å². The van der Waals surface area contributed by atoms with E-state index in [4.69, 9.17) is 14.3 Å². The largest absolute Gasteiger partial charge is 0.478 e. The van der Waals surface area contributed by atoms with Gasteiger partial charge in [-0.25, -0.2) is 4.79 Å². The molecular weight excluding hydrogens is 260 g/mol. The summed E-state index contributed by atoms with van der Waals surface area (Å²) in [5.74, 6) is 0.0197. The van der Waals surface area contributed by atoms with Gasteiger partial charge in [0.05, 0.1) is 24.2 Å². The summed E-state index contributed by atoms with van der Waals surface area (Å²) in [6.07, 6.45) is 1.06. The normalized spacial score (nSPS) is 22.1. The molecule has 2 atom stereocenters. The Labute approximate surface area is 115 Å². The molecule has 6 heteroatoms. The summed E-state index contributed by atoms with van der Waals surface area (Å²) < 4.78 is 11.1. The van der Waals surface area contributed by atoms with Crippen molar-refractivity contribution in [1.29, 1.82) is 0 Å². The second kappa shape index (κ2) is 5.05. The highest BCUT2D eigenvalue weighted by Gasteiger charge is 2.28. The molecule has 1 aromatic heterocycles. The fraction of sp³-hybridized carbons (Fsp3) is 0.357. The predicted octanol–water partition coefficient (Wildman–Crippen LogP) is 2.33. The predicted molar refractivity (Wildman–Crippen MR) is 69.5 cm³/mol. The zero-order chi connectivity index (χ0) is 14.1. The average molecular weight is 274 g/mol. The van der Waals surface area contributed by atoms with Gasteiger partial charge in [0, 0.05) is 5.56 Å². The van der Waals surface area contributed by atoms with Crippen molar-refractivity contribution in [3.8, 4) is 11.5 Å². The van der Waals surface area contributed by atoms with E-state index in [0.717, 1.165) is 6.42 Å². The first-order valence-electron chi connectivity index (χ1n) is 6.42. The van der Waals surface area contributed by atoms with Crippen LogP contribution in [0.3, 0.4) is 0 Å². The van der Waals surface area contributed by atoms with Crippen LogP contribution in [0, 0.1) is 0 Å². The SMILES string of the molecule is CC1CC(c2nnc(-c3cccc(C(=O)O)c3)o2)CO1. The van der Waals surface area contributed by atoms with Crippen molar-refractivity contribution in [2.45, 2.75) is 25.4 Å². The number of rotatable bonds is 3. The summed E-state index contributed by atoms with van der Waals surface area (Å²) in [6, 6.07) is 6.45. The standard InChI is InChI=1S/C14H14N2O4/c1-8-5-11(7-19-8)13-16-15-12(20-13)9-3-2-4-10(6-9)14(17)18/h2-4,6,8,11H,5,7H2,1H3,(H,17,18). The van der Waals surface area contributed by atoms with Crippen LogP contribution in [0.2, 0.25) is 0 Å². The van der Waals surface area contributed by atoms with Gasteiger partial charge in [0.2, 0.25) is 11.8 Å². The molecule has 1 fully saturated rings. The number of carbonyl (C=O) groups is 1. The molecule has 0 aliphatic carbocycles. The Bertz CT molecular complexity index is 638. The molecule has 104 valence electrons. The van der Waals surface area contributed by atoms with Crippen LogP contribution in [0.4, 0.5) is 0 Å². The number of carboxylic acids is 1. The first-order valence-corrected chi connectivity index (χ1v) is 6.42. The van der Waals surface area contributed by atoms with Crippen LogP contribution in [-0.4, -0.2) is 34.0 Å². The summed E-state index contributed by atoms with van der Waals surface area (Å²) in [7, 11) is 0.